The zero-order chi connectivity index (χ0) is 33.0. The molecule has 0 heterocycles. The Kier molecular flexibility index (Phi) is 8.90. The fourth-order valence-corrected chi connectivity index (χ4v) is 12.0. The zero-order valence-electron chi connectivity index (χ0n) is 29.0. The topological polar surface area (TPSA) is 78.9 Å². The van der Waals surface area contributed by atoms with Crippen molar-refractivity contribution in [2.75, 3.05) is 14.2 Å². The number of carbonyl (C=O) groups is 3. The van der Waals surface area contributed by atoms with Crippen LogP contribution in [0, 0.1) is 56.7 Å². The second kappa shape index (κ2) is 11.9. The summed E-state index contributed by atoms with van der Waals surface area (Å²) >= 11 is 0. The third-order valence-corrected chi connectivity index (χ3v) is 14.3. The molecular weight excluding hydrogens is 564 g/mol. The Hall–Kier alpha value is -2.63. The lowest BCUT2D eigenvalue weighted by Gasteiger charge is -2.71. The molecule has 1 aromatic rings. The van der Waals surface area contributed by atoms with E-state index in [1.54, 1.807) is 0 Å². The first kappa shape index (κ1) is 33.7. The largest absolute Gasteiger partial charge is 0.469 e. The van der Waals surface area contributed by atoms with Crippen molar-refractivity contribution >= 4 is 17.9 Å². The van der Waals surface area contributed by atoms with Gasteiger partial charge in [-0.2, -0.15) is 0 Å². The average Bonchev–Trinajstić information content (AvgIpc) is 3.41. The van der Waals surface area contributed by atoms with Gasteiger partial charge in [-0.1, -0.05) is 63.3 Å². The third-order valence-electron chi connectivity index (χ3n) is 14.3. The second-order valence-electron chi connectivity index (χ2n) is 16.4. The first-order valence-corrected chi connectivity index (χ1v) is 17.1. The molecule has 1 aromatic carbocycles. The fraction of sp³-hybridized carbons (Fsp3) is 0.718. The van der Waals surface area contributed by atoms with E-state index in [0.717, 1.165) is 56.9 Å². The number of methoxy groups -OCH3 is 2. The monoisotopic (exact) mass is 620 g/mol. The summed E-state index contributed by atoms with van der Waals surface area (Å²) in [6, 6.07) is 9.97. The van der Waals surface area contributed by atoms with Gasteiger partial charge in [0.25, 0.3) is 0 Å². The van der Waals surface area contributed by atoms with E-state index in [-0.39, 0.29) is 58.8 Å². The molecule has 6 nitrogen and oxygen atoms in total. The summed E-state index contributed by atoms with van der Waals surface area (Å²) in [5.74, 6) is 0.527. The number of hydrogen-bond donors (Lipinski definition) is 0. The number of fused-ring (bicyclic) bond motifs is 5. The molecule has 4 aliphatic rings. The summed E-state index contributed by atoms with van der Waals surface area (Å²) in [4.78, 5) is 40.5. The zero-order valence-corrected chi connectivity index (χ0v) is 29.0. The molecule has 0 bridgehead atoms. The van der Waals surface area contributed by atoms with E-state index in [1.165, 1.54) is 19.8 Å². The van der Waals surface area contributed by atoms with Crippen LogP contribution in [-0.4, -0.2) is 32.1 Å². The molecule has 0 aromatic heterocycles. The number of rotatable bonds is 8. The van der Waals surface area contributed by atoms with Crippen LogP contribution in [0.15, 0.2) is 42.5 Å². The van der Waals surface area contributed by atoms with Gasteiger partial charge in [-0.15, -0.1) is 0 Å². The van der Waals surface area contributed by atoms with Crippen LogP contribution in [0.4, 0.5) is 0 Å². The number of esters is 3. The van der Waals surface area contributed by atoms with Crippen molar-refractivity contribution in [3.63, 3.8) is 0 Å². The SMILES string of the molecule is C=C(C)[C@@H]1CC[C@]2(C(=O)OCc3ccccc3)CC[C@]3(C)[C@H](CC[C@@H]4[C@@](C)(CC(=O)OC)[C@H](C(C)(C)C(=O)OC)CC[C@]43C)[C@@H]12. The lowest BCUT2D eigenvalue weighted by molar-refractivity contribution is -0.234. The number of hydrogen-bond acceptors (Lipinski definition) is 6. The molecule has 0 amide bonds. The normalized spacial score (nSPS) is 39.1. The number of carbonyl (C=O) groups excluding carboxylic acids is 3. The van der Waals surface area contributed by atoms with Gasteiger partial charge in [-0.05, 0) is 124 Å². The van der Waals surface area contributed by atoms with E-state index in [2.05, 4.69) is 34.3 Å². The molecule has 4 aliphatic carbocycles. The molecule has 0 N–H and O–H groups in total. The van der Waals surface area contributed by atoms with Crippen LogP contribution >= 0.6 is 0 Å². The summed E-state index contributed by atoms with van der Waals surface area (Å²) in [6.07, 6.45) is 7.62. The van der Waals surface area contributed by atoms with Crippen molar-refractivity contribution in [3.05, 3.63) is 48.0 Å². The molecular formula is C39H56O6. The average molecular weight is 621 g/mol. The van der Waals surface area contributed by atoms with Crippen molar-refractivity contribution in [3.8, 4) is 0 Å². The molecule has 0 spiro atoms. The predicted molar refractivity (Wildman–Crippen MR) is 175 cm³/mol. The summed E-state index contributed by atoms with van der Waals surface area (Å²) in [5.41, 5.74) is 0.385. The molecule has 0 radical (unpaired) electrons. The predicted octanol–water partition coefficient (Wildman–Crippen LogP) is 8.33. The third kappa shape index (κ3) is 5.08. The van der Waals surface area contributed by atoms with E-state index < -0.39 is 16.2 Å². The fourth-order valence-electron chi connectivity index (χ4n) is 12.0. The number of ether oxygens (including phenoxy) is 3. The highest BCUT2D eigenvalue weighted by Gasteiger charge is 2.72. The minimum Gasteiger partial charge on any atom is -0.469 e. The van der Waals surface area contributed by atoms with E-state index in [0.29, 0.717) is 12.5 Å². The van der Waals surface area contributed by atoms with Gasteiger partial charge in [0, 0.05) is 0 Å². The maximum atomic E-state index is 14.2. The number of allylic oxidation sites excluding steroid dienone is 1. The van der Waals surface area contributed by atoms with Crippen molar-refractivity contribution < 1.29 is 28.6 Å². The van der Waals surface area contributed by atoms with E-state index in [1.807, 2.05) is 44.2 Å². The van der Waals surface area contributed by atoms with Gasteiger partial charge in [0.1, 0.15) is 6.61 Å². The molecule has 0 unspecified atom stereocenters. The quantitative estimate of drug-likeness (QED) is 0.165. The lowest BCUT2D eigenvalue weighted by atomic mass is 9.33. The highest BCUT2D eigenvalue weighted by atomic mass is 16.5. The highest BCUT2D eigenvalue weighted by Crippen LogP contribution is 2.76. The Morgan fingerprint density at radius 2 is 1.58 bits per heavy atom. The molecule has 0 aliphatic heterocycles. The molecule has 0 saturated heterocycles. The summed E-state index contributed by atoms with van der Waals surface area (Å²) in [5, 5.41) is 0. The van der Waals surface area contributed by atoms with E-state index in [4.69, 9.17) is 14.2 Å². The Labute approximate surface area is 271 Å². The molecule has 45 heavy (non-hydrogen) atoms. The van der Waals surface area contributed by atoms with Crippen molar-refractivity contribution in [1.29, 1.82) is 0 Å². The van der Waals surface area contributed by atoms with Crippen molar-refractivity contribution in [2.24, 2.45) is 56.7 Å². The molecule has 9 atom stereocenters. The molecule has 6 heteroatoms. The van der Waals surface area contributed by atoms with Gasteiger partial charge in [0.05, 0.1) is 31.5 Å². The second-order valence-corrected chi connectivity index (χ2v) is 16.4. The van der Waals surface area contributed by atoms with Gasteiger partial charge < -0.3 is 14.2 Å². The molecule has 4 fully saturated rings. The Morgan fingerprint density at radius 1 is 0.889 bits per heavy atom. The molecule has 5 rings (SSSR count). The van der Waals surface area contributed by atoms with Gasteiger partial charge in [0.2, 0.25) is 0 Å². The van der Waals surface area contributed by atoms with Crippen LogP contribution in [0.2, 0.25) is 0 Å². The van der Waals surface area contributed by atoms with Gasteiger partial charge in [-0.3, -0.25) is 14.4 Å². The first-order valence-electron chi connectivity index (χ1n) is 17.1. The minimum absolute atomic E-state index is 0.0277. The highest BCUT2D eigenvalue weighted by molar-refractivity contribution is 5.79. The van der Waals surface area contributed by atoms with Crippen LogP contribution in [0.1, 0.15) is 105 Å². The van der Waals surface area contributed by atoms with E-state index >= 15 is 0 Å². The molecule has 248 valence electrons. The summed E-state index contributed by atoms with van der Waals surface area (Å²) in [7, 11) is 2.92. The molecule has 4 saturated carbocycles. The van der Waals surface area contributed by atoms with Crippen LogP contribution in [-0.2, 0) is 35.2 Å². The Morgan fingerprint density at radius 3 is 2.20 bits per heavy atom. The maximum Gasteiger partial charge on any atom is 0.312 e. The lowest BCUT2D eigenvalue weighted by Crippen LogP contribution is -2.66. The summed E-state index contributed by atoms with van der Waals surface area (Å²) in [6.45, 7) is 18.1. The summed E-state index contributed by atoms with van der Waals surface area (Å²) < 4.78 is 16.8. The maximum absolute atomic E-state index is 14.2. The van der Waals surface area contributed by atoms with Crippen LogP contribution in [0.25, 0.3) is 0 Å². The van der Waals surface area contributed by atoms with Crippen molar-refractivity contribution in [1.82, 2.24) is 0 Å². The van der Waals surface area contributed by atoms with Crippen LogP contribution in [0.5, 0.6) is 0 Å². The Bertz CT molecular complexity index is 1320. The van der Waals surface area contributed by atoms with Gasteiger partial charge in [0.15, 0.2) is 0 Å². The standard InChI is InChI=1S/C39H56O6/c1-25(2)27-17-20-39(34(42)45-24-26-13-11-10-12-14-26)22-21-37(6)28(32(27)39)15-16-30-36(5,23-31(40)43-8)29(18-19-38(30,37)7)35(3,4)33(41)44-9/h10-14,27-30,32H,1,15-24H2,2-9H3/t27-,28+,29-,30+,32+,36-,37+,38+,39-/m0/s1. The van der Waals surface area contributed by atoms with E-state index in [9.17, 15) is 14.4 Å². The van der Waals surface area contributed by atoms with Crippen LogP contribution < -0.4 is 0 Å². The smallest absolute Gasteiger partial charge is 0.312 e. The van der Waals surface area contributed by atoms with Crippen LogP contribution in [0.3, 0.4) is 0 Å². The number of benzene rings is 1. The van der Waals surface area contributed by atoms with Gasteiger partial charge in [-0.25, -0.2) is 0 Å². The first-order chi connectivity index (χ1) is 21.1. The van der Waals surface area contributed by atoms with Crippen molar-refractivity contribution in [2.45, 2.75) is 106 Å². The minimum atomic E-state index is -0.739. The van der Waals surface area contributed by atoms with Gasteiger partial charge >= 0.3 is 17.9 Å². The Balaban J connectivity index is 1.53.